The summed E-state index contributed by atoms with van der Waals surface area (Å²) in [6, 6.07) is 9.49. The highest BCUT2D eigenvalue weighted by Gasteiger charge is 2.38. The van der Waals surface area contributed by atoms with Crippen LogP contribution in [-0.2, 0) is 23.5 Å². The highest BCUT2D eigenvalue weighted by Crippen LogP contribution is 2.38. The van der Waals surface area contributed by atoms with Crippen LogP contribution in [0, 0.1) is 0 Å². The standard InChI is InChI=1S/C25H27F6N2O/c1-4-8-20(15-34-23-11-17-9-6-7-10-22(17)16(23)3)32-33(5-2)21-13-18(24(26,27)28)12-19(14-21)25(29,30)31/h5-7,9-10,12-14,16,23H,4,8,11,15H2,1-3H3/q+1/b32-20+,33-5-. The molecule has 0 spiro atoms. The number of ether oxygens (including phenoxy) is 1. The van der Waals surface area contributed by atoms with E-state index in [-0.39, 0.29) is 30.4 Å². The third-order valence-corrected chi connectivity index (χ3v) is 5.86. The monoisotopic (exact) mass is 485 g/mol. The molecule has 2 aromatic carbocycles. The fraction of sp³-hybridized carbons (Fsp3) is 0.440. The highest BCUT2D eigenvalue weighted by molar-refractivity contribution is 5.85. The molecule has 0 heterocycles. The quantitative estimate of drug-likeness (QED) is 0.174. The zero-order valence-electron chi connectivity index (χ0n) is 19.2. The molecular formula is C25H27F6N2O+. The lowest BCUT2D eigenvalue weighted by molar-refractivity contribution is -0.441. The Morgan fingerprint density at radius 1 is 1.06 bits per heavy atom. The van der Waals surface area contributed by atoms with Crippen LogP contribution in [0.2, 0.25) is 0 Å². The van der Waals surface area contributed by atoms with Gasteiger partial charge < -0.3 is 4.74 Å². The van der Waals surface area contributed by atoms with Crippen molar-refractivity contribution < 1.29 is 35.8 Å². The average Bonchev–Trinajstić information content (AvgIpc) is 3.10. The van der Waals surface area contributed by atoms with Gasteiger partial charge in [-0.05, 0) is 35.1 Å². The normalized spacial score (nSPS) is 19.4. The summed E-state index contributed by atoms with van der Waals surface area (Å²) in [6.07, 6.45) is -6.68. The van der Waals surface area contributed by atoms with Gasteiger partial charge in [0.05, 0.1) is 23.8 Å². The number of fused-ring (bicyclic) bond motifs is 1. The Bertz CT molecular complexity index is 1040. The molecule has 9 heteroatoms. The number of hydrazone groups is 1. The summed E-state index contributed by atoms with van der Waals surface area (Å²) in [7, 11) is 0. The lowest BCUT2D eigenvalue weighted by Gasteiger charge is -2.17. The molecule has 2 unspecified atom stereocenters. The maximum atomic E-state index is 13.3. The molecule has 0 radical (unpaired) electrons. The summed E-state index contributed by atoms with van der Waals surface area (Å²) >= 11 is 0. The molecule has 0 aromatic heterocycles. The molecule has 184 valence electrons. The minimum absolute atomic E-state index is 0.0797. The van der Waals surface area contributed by atoms with Gasteiger partial charge in [-0.15, -0.1) is 0 Å². The number of halogens is 6. The van der Waals surface area contributed by atoms with E-state index in [1.165, 1.54) is 24.3 Å². The van der Waals surface area contributed by atoms with Gasteiger partial charge in [0.1, 0.15) is 5.71 Å². The van der Waals surface area contributed by atoms with E-state index in [0.717, 1.165) is 11.1 Å². The summed E-state index contributed by atoms with van der Waals surface area (Å²) in [5.74, 6) is 0.172. The highest BCUT2D eigenvalue weighted by atomic mass is 19.4. The number of alkyl halides is 6. The van der Waals surface area contributed by atoms with Crippen LogP contribution in [0.4, 0.5) is 32.0 Å². The van der Waals surface area contributed by atoms with Crippen molar-refractivity contribution in [1.82, 2.24) is 0 Å². The first-order valence-corrected chi connectivity index (χ1v) is 11.1. The van der Waals surface area contributed by atoms with Crippen LogP contribution in [0.1, 0.15) is 61.8 Å². The number of hydrogen-bond donors (Lipinski definition) is 0. The molecule has 0 saturated carbocycles. The molecule has 2 aromatic rings. The molecule has 0 N–H and O–H groups in total. The summed E-state index contributed by atoms with van der Waals surface area (Å²) < 4.78 is 86.8. The van der Waals surface area contributed by atoms with Crippen LogP contribution in [0.25, 0.3) is 0 Å². The summed E-state index contributed by atoms with van der Waals surface area (Å²) in [5.41, 5.74) is -0.125. The molecule has 1 aliphatic carbocycles. The minimum Gasteiger partial charge on any atom is -0.371 e. The first-order chi connectivity index (χ1) is 15.9. The SMILES string of the molecule is C/C=[N+](\N=C(/CCC)COC1Cc2ccccc2C1C)c1cc(C(F)(F)F)cc(C(F)(F)F)c1. The molecule has 3 rings (SSSR count). The van der Waals surface area contributed by atoms with E-state index in [9.17, 15) is 26.3 Å². The zero-order chi connectivity index (χ0) is 25.1. The Morgan fingerprint density at radius 3 is 2.21 bits per heavy atom. The van der Waals surface area contributed by atoms with Crippen LogP contribution in [0.5, 0.6) is 0 Å². The first kappa shape index (κ1) is 25.9. The van der Waals surface area contributed by atoms with Gasteiger partial charge in [-0.3, -0.25) is 0 Å². The van der Waals surface area contributed by atoms with Crippen LogP contribution >= 0.6 is 0 Å². The third-order valence-electron chi connectivity index (χ3n) is 5.86. The molecule has 0 amide bonds. The Kier molecular flexibility index (Phi) is 7.85. The average molecular weight is 485 g/mol. The largest absolute Gasteiger partial charge is 0.416 e. The molecule has 0 aliphatic heterocycles. The lowest BCUT2D eigenvalue weighted by Crippen LogP contribution is -2.22. The van der Waals surface area contributed by atoms with Crippen molar-refractivity contribution in [1.29, 1.82) is 0 Å². The summed E-state index contributed by atoms with van der Waals surface area (Å²) in [4.78, 5) is 0. The summed E-state index contributed by atoms with van der Waals surface area (Å²) in [6.45, 7) is 5.61. The van der Waals surface area contributed by atoms with Gasteiger partial charge in [0, 0.05) is 25.0 Å². The molecular weight excluding hydrogens is 458 g/mol. The number of rotatable bonds is 7. The van der Waals surface area contributed by atoms with Crippen molar-refractivity contribution >= 4 is 17.6 Å². The van der Waals surface area contributed by atoms with Crippen LogP contribution in [0.3, 0.4) is 0 Å². The van der Waals surface area contributed by atoms with Gasteiger partial charge in [-0.2, -0.15) is 26.3 Å². The Hall–Kier alpha value is -2.68. The second-order valence-corrected chi connectivity index (χ2v) is 8.32. The van der Waals surface area contributed by atoms with Crippen LogP contribution < -0.4 is 0 Å². The van der Waals surface area contributed by atoms with Gasteiger partial charge in [-0.25, -0.2) is 0 Å². The van der Waals surface area contributed by atoms with Crippen molar-refractivity contribution in [3.05, 3.63) is 64.7 Å². The van der Waals surface area contributed by atoms with Crippen molar-refractivity contribution in [3.63, 3.8) is 0 Å². The molecule has 0 bridgehead atoms. The maximum Gasteiger partial charge on any atom is 0.416 e. The predicted octanol–water partition coefficient (Wildman–Crippen LogP) is 7.36. The second kappa shape index (κ2) is 10.3. The number of nitrogens with zero attached hydrogens (tertiary/aromatic N) is 2. The van der Waals surface area contributed by atoms with E-state index in [1.807, 2.05) is 19.1 Å². The third kappa shape index (κ3) is 6.05. The molecule has 1 aliphatic rings. The van der Waals surface area contributed by atoms with E-state index >= 15 is 0 Å². The van der Waals surface area contributed by atoms with E-state index in [0.29, 0.717) is 30.7 Å². The van der Waals surface area contributed by atoms with E-state index in [4.69, 9.17) is 4.74 Å². The number of hydrogen-bond acceptors (Lipinski definition) is 2. The first-order valence-electron chi connectivity index (χ1n) is 11.1. The summed E-state index contributed by atoms with van der Waals surface area (Å²) in [5, 5.41) is 4.37. The Balaban J connectivity index is 1.87. The minimum atomic E-state index is -4.93. The van der Waals surface area contributed by atoms with Gasteiger partial charge in [0.15, 0.2) is 6.21 Å². The van der Waals surface area contributed by atoms with Crippen molar-refractivity contribution in [2.24, 2.45) is 5.10 Å². The van der Waals surface area contributed by atoms with Crippen molar-refractivity contribution in [2.45, 2.75) is 64.4 Å². The van der Waals surface area contributed by atoms with Gasteiger partial charge in [0.25, 0.3) is 0 Å². The predicted molar refractivity (Wildman–Crippen MR) is 119 cm³/mol. The van der Waals surface area contributed by atoms with Gasteiger partial charge in [0.2, 0.25) is 5.69 Å². The van der Waals surface area contributed by atoms with Gasteiger partial charge >= 0.3 is 12.4 Å². The fourth-order valence-corrected chi connectivity index (χ4v) is 4.09. The van der Waals surface area contributed by atoms with E-state index in [1.54, 1.807) is 0 Å². The van der Waals surface area contributed by atoms with Crippen molar-refractivity contribution in [3.8, 4) is 0 Å². The second-order valence-electron chi connectivity index (χ2n) is 8.32. The van der Waals surface area contributed by atoms with E-state index < -0.39 is 23.5 Å². The topological polar surface area (TPSA) is 24.6 Å². The van der Waals surface area contributed by atoms with Gasteiger partial charge in [-0.1, -0.05) is 49.2 Å². The maximum absolute atomic E-state index is 13.3. The fourth-order valence-electron chi connectivity index (χ4n) is 4.09. The lowest BCUT2D eigenvalue weighted by atomic mass is 10.0. The Morgan fingerprint density at radius 2 is 1.68 bits per heavy atom. The van der Waals surface area contributed by atoms with E-state index in [2.05, 4.69) is 24.2 Å². The zero-order valence-corrected chi connectivity index (χ0v) is 19.2. The molecule has 0 fully saturated rings. The van der Waals surface area contributed by atoms with Crippen molar-refractivity contribution in [2.75, 3.05) is 6.61 Å². The van der Waals surface area contributed by atoms with Crippen LogP contribution in [0.15, 0.2) is 47.6 Å². The molecule has 2 atom stereocenters. The molecule has 0 saturated heterocycles. The smallest absolute Gasteiger partial charge is 0.371 e. The Labute approximate surface area is 194 Å². The molecule has 3 nitrogen and oxygen atoms in total. The van der Waals surface area contributed by atoms with Crippen LogP contribution in [-0.4, -0.2) is 29.3 Å². The number of benzene rings is 2. The molecule has 34 heavy (non-hydrogen) atoms.